The Kier molecular flexibility index (Phi) is 5.31. The number of pyridine rings is 2. The molecule has 0 aliphatic carbocycles. The predicted molar refractivity (Wildman–Crippen MR) is 114 cm³/mol. The molecule has 0 saturated heterocycles. The minimum atomic E-state index is -0.466. The first kappa shape index (κ1) is 20.0. The summed E-state index contributed by atoms with van der Waals surface area (Å²) in [5, 5.41) is 11.5. The molecule has 0 aliphatic rings. The number of nitrogens with zero attached hydrogens (tertiary/aromatic N) is 6. The average molecular weight is 420 g/mol. The summed E-state index contributed by atoms with van der Waals surface area (Å²) in [5.41, 5.74) is 2.92. The molecular formula is C20H20N8O3. The standard InChI is InChI=1S/C20H20N8O3/c1-11-15(8-12(9-22-11)19(29)31-4)24-16-13-10-23-20(26-17(13)28(2)27-16)25-14-6-5-7-21-18(14)30-3/h5-10H,1-4H3,(H,24,27)(H,23,25,26). The molecule has 0 spiro atoms. The number of esters is 1. The number of carbonyl (C=O) groups excluding carboxylic acids is 1. The van der Waals surface area contributed by atoms with Crippen LogP contribution >= 0.6 is 0 Å². The fourth-order valence-corrected chi connectivity index (χ4v) is 2.98. The third-order valence-corrected chi connectivity index (χ3v) is 4.55. The number of carbonyl (C=O) groups is 1. The molecule has 4 aromatic heterocycles. The number of anilines is 4. The van der Waals surface area contributed by atoms with Crippen LogP contribution in [-0.2, 0) is 11.8 Å². The van der Waals surface area contributed by atoms with Crippen LogP contribution in [0.4, 0.5) is 23.1 Å². The molecule has 11 nitrogen and oxygen atoms in total. The largest absolute Gasteiger partial charge is 0.480 e. The van der Waals surface area contributed by atoms with Gasteiger partial charge in [0.25, 0.3) is 0 Å². The molecule has 0 aromatic carbocycles. The topological polar surface area (TPSA) is 129 Å². The van der Waals surface area contributed by atoms with Crippen LogP contribution < -0.4 is 15.4 Å². The second-order valence-corrected chi connectivity index (χ2v) is 6.56. The smallest absolute Gasteiger partial charge is 0.339 e. The highest BCUT2D eigenvalue weighted by Crippen LogP contribution is 2.28. The molecule has 0 amide bonds. The summed E-state index contributed by atoms with van der Waals surface area (Å²) in [6.07, 6.45) is 4.77. The lowest BCUT2D eigenvalue weighted by atomic mass is 10.2. The second kappa shape index (κ2) is 8.22. The van der Waals surface area contributed by atoms with E-state index in [4.69, 9.17) is 9.47 Å². The van der Waals surface area contributed by atoms with Gasteiger partial charge >= 0.3 is 5.97 Å². The van der Waals surface area contributed by atoms with Crippen LogP contribution in [0, 0.1) is 6.92 Å². The Bertz CT molecular complexity index is 1270. The predicted octanol–water partition coefficient (Wildman–Crippen LogP) is 2.74. The molecule has 0 unspecified atom stereocenters. The molecule has 0 aliphatic heterocycles. The Labute approximate surface area is 177 Å². The maximum absolute atomic E-state index is 11.8. The van der Waals surface area contributed by atoms with Crippen LogP contribution in [0.25, 0.3) is 11.0 Å². The van der Waals surface area contributed by atoms with Crippen molar-refractivity contribution in [1.82, 2.24) is 29.7 Å². The van der Waals surface area contributed by atoms with Crippen molar-refractivity contribution < 1.29 is 14.3 Å². The van der Waals surface area contributed by atoms with Gasteiger partial charge in [0, 0.05) is 25.6 Å². The van der Waals surface area contributed by atoms with Crippen molar-refractivity contribution in [3.05, 3.63) is 48.0 Å². The number of nitrogens with one attached hydrogen (secondary N) is 2. The van der Waals surface area contributed by atoms with Crippen molar-refractivity contribution in [1.29, 1.82) is 0 Å². The van der Waals surface area contributed by atoms with Gasteiger partial charge in [0.05, 0.1) is 36.6 Å². The number of methoxy groups -OCH3 is 2. The van der Waals surface area contributed by atoms with Gasteiger partial charge in [-0.3, -0.25) is 4.98 Å². The first-order chi connectivity index (χ1) is 15.0. The van der Waals surface area contributed by atoms with Crippen molar-refractivity contribution in [2.24, 2.45) is 7.05 Å². The molecule has 4 rings (SSSR count). The van der Waals surface area contributed by atoms with Crippen molar-refractivity contribution in [3.8, 4) is 5.88 Å². The molecule has 11 heteroatoms. The minimum absolute atomic E-state index is 0.337. The lowest BCUT2D eigenvalue weighted by Gasteiger charge is -2.09. The van der Waals surface area contributed by atoms with E-state index < -0.39 is 5.97 Å². The van der Waals surface area contributed by atoms with Crippen LogP contribution in [0.1, 0.15) is 16.1 Å². The number of hydrogen-bond acceptors (Lipinski definition) is 10. The van der Waals surface area contributed by atoms with E-state index in [1.165, 1.54) is 13.3 Å². The monoisotopic (exact) mass is 420 g/mol. The van der Waals surface area contributed by atoms with E-state index in [1.54, 1.807) is 43.4 Å². The zero-order valence-corrected chi connectivity index (χ0v) is 17.4. The molecule has 0 saturated carbocycles. The van der Waals surface area contributed by atoms with E-state index in [0.29, 0.717) is 51.3 Å². The van der Waals surface area contributed by atoms with E-state index in [0.717, 1.165) is 0 Å². The van der Waals surface area contributed by atoms with Crippen molar-refractivity contribution in [3.63, 3.8) is 0 Å². The zero-order valence-electron chi connectivity index (χ0n) is 17.4. The van der Waals surface area contributed by atoms with Crippen molar-refractivity contribution in [2.45, 2.75) is 6.92 Å². The molecular weight excluding hydrogens is 400 g/mol. The maximum atomic E-state index is 11.8. The van der Waals surface area contributed by atoms with Gasteiger partial charge in [-0.15, -0.1) is 0 Å². The highest BCUT2D eigenvalue weighted by Gasteiger charge is 2.15. The SMILES string of the molecule is COC(=O)c1cnc(C)c(Nc2nn(C)c3nc(Nc4cccnc4OC)ncc23)c1. The molecule has 4 aromatic rings. The third-order valence-electron chi connectivity index (χ3n) is 4.55. The summed E-state index contributed by atoms with van der Waals surface area (Å²) >= 11 is 0. The van der Waals surface area contributed by atoms with E-state index in [2.05, 4.69) is 35.7 Å². The van der Waals surface area contributed by atoms with Crippen LogP contribution in [0.15, 0.2) is 36.8 Å². The first-order valence-electron chi connectivity index (χ1n) is 9.28. The van der Waals surface area contributed by atoms with E-state index >= 15 is 0 Å². The number of ether oxygens (including phenoxy) is 2. The molecule has 158 valence electrons. The molecule has 0 radical (unpaired) electrons. The van der Waals surface area contributed by atoms with Gasteiger partial charge in [0.15, 0.2) is 11.5 Å². The van der Waals surface area contributed by atoms with Crippen LogP contribution in [0.3, 0.4) is 0 Å². The highest BCUT2D eigenvalue weighted by molar-refractivity contribution is 5.92. The van der Waals surface area contributed by atoms with E-state index in [-0.39, 0.29) is 0 Å². The van der Waals surface area contributed by atoms with Crippen LogP contribution in [0.5, 0.6) is 5.88 Å². The Balaban J connectivity index is 1.66. The normalized spacial score (nSPS) is 10.7. The van der Waals surface area contributed by atoms with Crippen molar-refractivity contribution in [2.75, 3.05) is 24.9 Å². The lowest BCUT2D eigenvalue weighted by molar-refractivity contribution is 0.0600. The van der Waals surface area contributed by atoms with E-state index in [1.807, 2.05) is 13.0 Å². The fourth-order valence-electron chi connectivity index (χ4n) is 2.98. The molecule has 0 bridgehead atoms. The highest BCUT2D eigenvalue weighted by atomic mass is 16.5. The summed E-state index contributed by atoms with van der Waals surface area (Å²) in [6.45, 7) is 1.83. The van der Waals surface area contributed by atoms with Gasteiger partial charge in [-0.05, 0) is 25.1 Å². The Hall–Kier alpha value is -4.28. The molecule has 0 fully saturated rings. The Morgan fingerprint density at radius 1 is 1.10 bits per heavy atom. The number of hydrogen-bond donors (Lipinski definition) is 2. The van der Waals surface area contributed by atoms with Gasteiger partial charge in [-0.1, -0.05) is 0 Å². The maximum Gasteiger partial charge on any atom is 0.339 e. The number of aromatic nitrogens is 6. The Morgan fingerprint density at radius 3 is 2.71 bits per heavy atom. The summed E-state index contributed by atoms with van der Waals surface area (Å²) in [7, 11) is 4.65. The lowest BCUT2D eigenvalue weighted by Crippen LogP contribution is -2.05. The van der Waals surface area contributed by atoms with E-state index in [9.17, 15) is 4.79 Å². The van der Waals surface area contributed by atoms with Gasteiger partial charge < -0.3 is 20.1 Å². The van der Waals surface area contributed by atoms with Crippen molar-refractivity contribution >= 4 is 40.1 Å². The summed E-state index contributed by atoms with van der Waals surface area (Å²) < 4.78 is 11.7. The van der Waals surface area contributed by atoms with Gasteiger partial charge in [0.1, 0.15) is 5.69 Å². The quantitative estimate of drug-likeness (QED) is 0.449. The summed E-state index contributed by atoms with van der Waals surface area (Å²) in [6, 6.07) is 5.27. The summed E-state index contributed by atoms with van der Waals surface area (Å²) in [4.78, 5) is 29.2. The molecule has 2 N–H and O–H groups in total. The minimum Gasteiger partial charge on any atom is -0.480 e. The number of fused-ring (bicyclic) bond motifs is 1. The van der Waals surface area contributed by atoms with Crippen LogP contribution in [-0.4, -0.2) is 49.9 Å². The van der Waals surface area contributed by atoms with Gasteiger partial charge in [-0.2, -0.15) is 10.1 Å². The second-order valence-electron chi connectivity index (χ2n) is 6.56. The third kappa shape index (κ3) is 3.92. The number of aryl methyl sites for hydroxylation is 2. The number of rotatable bonds is 6. The fraction of sp³-hybridized carbons (Fsp3) is 0.200. The Morgan fingerprint density at radius 2 is 1.94 bits per heavy atom. The first-order valence-corrected chi connectivity index (χ1v) is 9.28. The average Bonchev–Trinajstić information content (AvgIpc) is 3.09. The van der Waals surface area contributed by atoms with Crippen LogP contribution in [0.2, 0.25) is 0 Å². The molecule has 0 atom stereocenters. The van der Waals surface area contributed by atoms with Gasteiger partial charge in [-0.25, -0.2) is 19.4 Å². The molecule has 31 heavy (non-hydrogen) atoms. The molecule has 4 heterocycles. The zero-order chi connectivity index (χ0) is 22.0. The van der Waals surface area contributed by atoms with Gasteiger partial charge in [0.2, 0.25) is 11.8 Å². The summed E-state index contributed by atoms with van der Waals surface area (Å²) in [5.74, 6) is 0.882.